The highest BCUT2D eigenvalue weighted by Crippen LogP contribution is 2.18. The number of carboxylic acids is 1. The van der Waals surface area contributed by atoms with Gasteiger partial charge in [-0.05, 0) is 49.2 Å². The summed E-state index contributed by atoms with van der Waals surface area (Å²) in [6.45, 7) is 5.78. The summed E-state index contributed by atoms with van der Waals surface area (Å²) < 4.78 is 0. The number of benzene rings is 1. The van der Waals surface area contributed by atoms with Gasteiger partial charge in [-0.2, -0.15) is 0 Å². The number of amides is 1. The number of carbonyl (C=O) groups excluding carboxylic acids is 1. The molecule has 114 valence electrons. The van der Waals surface area contributed by atoms with E-state index >= 15 is 0 Å². The van der Waals surface area contributed by atoms with E-state index in [0.29, 0.717) is 23.6 Å². The van der Waals surface area contributed by atoms with Crippen LogP contribution >= 0.6 is 12.2 Å². The molecule has 0 saturated carbocycles. The maximum Gasteiger partial charge on any atom is 0.336 e. The lowest BCUT2D eigenvalue weighted by molar-refractivity contribution is -0.119. The van der Waals surface area contributed by atoms with Crippen LogP contribution < -0.4 is 10.6 Å². The molecule has 0 bridgehead atoms. The van der Waals surface area contributed by atoms with Crippen molar-refractivity contribution in [2.75, 3.05) is 5.32 Å². The quantitative estimate of drug-likeness (QED) is 0.729. The zero-order valence-corrected chi connectivity index (χ0v) is 13.2. The highest BCUT2D eigenvalue weighted by molar-refractivity contribution is 7.80. The molecule has 0 aliphatic rings. The van der Waals surface area contributed by atoms with Crippen molar-refractivity contribution in [3.8, 4) is 0 Å². The molecule has 0 spiro atoms. The summed E-state index contributed by atoms with van der Waals surface area (Å²) in [5, 5.41) is 14.7. The summed E-state index contributed by atoms with van der Waals surface area (Å²) in [4.78, 5) is 22.7. The maximum atomic E-state index is 11.7. The molecule has 1 aromatic rings. The van der Waals surface area contributed by atoms with Gasteiger partial charge in [0.2, 0.25) is 5.91 Å². The summed E-state index contributed by atoms with van der Waals surface area (Å²) in [7, 11) is 0. The van der Waals surface area contributed by atoms with Crippen molar-refractivity contribution in [2.24, 2.45) is 5.92 Å². The monoisotopic (exact) mass is 308 g/mol. The molecule has 6 heteroatoms. The first-order valence-electron chi connectivity index (χ1n) is 6.75. The molecule has 0 heterocycles. The van der Waals surface area contributed by atoms with Crippen LogP contribution in [0.4, 0.5) is 5.69 Å². The Bertz CT molecular complexity index is 556. The number of hydrogen-bond donors (Lipinski definition) is 3. The van der Waals surface area contributed by atoms with Gasteiger partial charge in [0.25, 0.3) is 0 Å². The fraction of sp³-hybridized carbons (Fsp3) is 0.400. The fourth-order valence-electron chi connectivity index (χ4n) is 1.77. The van der Waals surface area contributed by atoms with E-state index in [9.17, 15) is 9.59 Å². The van der Waals surface area contributed by atoms with Crippen molar-refractivity contribution in [2.45, 2.75) is 33.6 Å². The van der Waals surface area contributed by atoms with Gasteiger partial charge < -0.3 is 15.7 Å². The minimum absolute atomic E-state index is 0.145. The average molecular weight is 308 g/mol. The van der Waals surface area contributed by atoms with E-state index in [4.69, 9.17) is 17.3 Å². The van der Waals surface area contributed by atoms with Crippen LogP contribution in [0.15, 0.2) is 18.2 Å². The number of carbonyl (C=O) groups is 2. The Labute approximate surface area is 129 Å². The second-order valence-corrected chi connectivity index (χ2v) is 5.63. The van der Waals surface area contributed by atoms with E-state index in [1.54, 1.807) is 19.1 Å². The molecule has 3 N–H and O–H groups in total. The van der Waals surface area contributed by atoms with E-state index in [0.717, 1.165) is 6.42 Å². The Morgan fingerprint density at radius 3 is 2.57 bits per heavy atom. The van der Waals surface area contributed by atoms with E-state index < -0.39 is 5.97 Å². The Hall–Kier alpha value is -1.95. The molecule has 1 rings (SSSR count). The summed E-state index contributed by atoms with van der Waals surface area (Å²) in [6, 6.07) is 4.86. The Balaban J connectivity index is 2.65. The van der Waals surface area contributed by atoms with Gasteiger partial charge in [-0.1, -0.05) is 19.9 Å². The maximum absolute atomic E-state index is 11.7. The van der Waals surface area contributed by atoms with Crippen LogP contribution in [-0.2, 0) is 4.79 Å². The molecule has 0 atom stereocenters. The normalized spacial score (nSPS) is 10.3. The zero-order valence-electron chi connectivity index (χ0n) is 12.4. The zero-order chi connectivity index (χ0) is 16.0. The lowest BCUT2D eigenvalue weighted by Crippen LogP contribution is -2.34. The van der Waals surface area contributed by atoms with Crippen molar-refractivity contribution < 1.29 is 14.7 Å². The molecule has 0 saturated heterocycles. The van der Waals surface area contributed by atoms with Crippen LogP contribution in [0.2, 0.25) is 0 Å². The molecule has 0 aromatic heterocycles. The molecule has 1 aromatic carbocycles. The molecule has 0 aliphatic heterocycles. The molecule has 21 heavy (non-hydrogen) atoms. The van der Waals surface area contributed by atoms with Gasteiger partial charge in [-0.3, -0.25) is 4.79 Å². The molecule has 5 nitrogen and oxygen atoms in total. The molecular weight excluding hydrogens is 288 g/mol. The van der Waals surface area contributed by atoms with Gasteiger partial charge in [0.05, 0.1) is 5.56 Å². The lowest BCUT2D eigenvalue weighted by Gasteiger charge is -2.13. The molecule has 1 amide bonds. The van der Waals surface area contributed by atoms with Gasteiger partial charge in [-0.15, -0.1) is 0 Å². The first-order valence-corrected chi connectivity index (χ1v) is 7.15. The summed E-state index contributed by atoms with van der Waals surface area (Å²) in [5.41, 5.74) is 1.35. The second kappa shape index (κ2) is 7.73. The van der Waals surface area contributed by atoms with Gasteiger partial charge in [0.1, 0.15) is 0 Å². The minimum atomic E-state index is -0.997. The average Bonchev–Trinajstić information content (AvgIpc) is 2.38. The van der Waals surface area contributed by atoms with Crippen LogP contribution in [-0.4, -0.2) is 22.1 Å². The van der Waals surface area contributed by atoms with Crippen molar-refractivity contribution in [3.05, 3.63) is 29.3 Å². The number of carboxylic acid groups (broad SMARTS) is 1. The number of thiocarbonyl (C=S) groups is 1. The number of aromatic carboxylic acids is 1. The van der Waals surface area contributed by atoms with Crippen molar-refractivity contribution in [1.82, 2.24) is 5.32 Å². The highest BCUT2D eigenvalue weighted by atomic mass is 32.1. The summed E-state index contributed by atoms with van der Waals surface area (Å²) in [6.07, 6.45) is 1.20. The SMILES string of the molecule is Cc1c(NC(=S)NC(=O)CCC(C)C)cccc1C(=O)O. The van der Waals surface area contributed by atoms with Crippen LogP contribution in [0.5, 0.6) is 0 Å². The molecule has 0 unspecified atom stereocenters. The Morgan fingerprint density at radius 1 is 1.33 bits per heavy atom. The summed E-state index contributed by atoms with van der Waals surface area (Å²) in [5.74, 6) is -0.692. The fourth-order valence-corrected chi connectivity index (χ4v) is 1.99. The van der Waals surface area contributed by atoms with E-state index in [-0.39, 0.29) is 16.6 Å². The standard InChI is InChI=1S/C15H20N2O3S/c1-9(2)7-8-13(18)17-15(21)16-12-6-4-5-11(10(12)3)14(19)20/h4-6,9H,7-8H2,1-3H3,(H,19,20)(H2,16,17,18,21). The molecule has 0 aliphatic carbocycles. The summed E-state index contributed by atoms with van der Waals surface area (Å²) >= 11 is 5.07. The Kier molecular flexibility index (Phi) is 6.30. The molecule has 0 fully saturated rings. The number of rotatable bonds is 5. The van der Waals surface area contributed by atoms with Gasteiger partial charge in [0.15, 0.2) is 5.11 Å². The predicted molar refractivity (Wildman–Crippen MR) is 86.6 cm³/mol. The molecular formula is C15H20N2O3S. The van der Waals surface area contributed by atoms with E-state index in [1.807, 2.05) is 13.8 Å². The minimum Gasteiger partial charge on any atom is -0.478 e. The third-order valence-electron chi connectivity index (χ3n) is 3.01. The van der Waals surface area contributed by atoms with Gasteiger partial charge in [0, 0.05) is 12.1 Å². The first kappa shape index (κ1) is 17.1. The predicted octanol–water partition coefficient (Wildman–Crippen LogP) is 2.94. The van der Waals surface area contributed by atoms with Gasteiger partial charge >= 0.3 is 5.97 Å². The highest BCUT2D eigenvalue weighted by Gasteiger charge is 2.12. The van der Waals surface area contributed by atoms with Crippen LogP contribution in [0.3, 0.4) is 0 Å². The topological polar surface area (TPSA) is 78.4 Å². The Morgan fingerprint density at radius 2 is 2.00 bits per heavy atom. The van der Waals surface area contributed by atoms with Crippen molar-refractivity contribution in [3.63, 3.8) is 0 Å². The smallest absolute Gasteiger partial charge is 0.336 e. The first-order chi connectivity index (χ1) is 9.81. The van der Waals surface area contributed by atoms with E-state index in [1.165, 1.54) is 6.07 Å². The second-order valence-electron chi connectivity index (χ2n) is 5.22. The van der Waals surface area contributed by atoms with Crippen LogP contribution in [0.1, 0.15) is 42.6 Å². The van der Waals surface area contributed by atoms with Gasteiger partial charge in [-0.25, -0.2) is 4.79 Å². The van der Waals surface area contributed by atoms with Crippen LogP contribution in [0.25, 0.3) is 0 Å². The number of hydrogen-bond acceptors (Lipinski definition) is 3. The van der Waals surface area contributed by atoms with Crippen molar-refractivity contribution >= 4 is 34.9 Å². The van der Waals surface area contributed by atoms with E-state index in [2.05, 4.69) is 10.6 Å². The largest absolute Gasteiger partial charge is 0.478 e. The number of anilines is 1. The third-order valence-corrected chi connectivity index (χ3v) is 3.22. The lowest BCUT2D eigenvalue weighted by atomic mass is 10.1. The molecule has 0 radical (unpaired) electrons. The number of nitrogens with one attached hydrogen (secondary N) is 2. The third kappa shape index (κ3) is 5.51. The van der Waals surface area contributed by atoms with Crippen molar-refractivity contribution in [1.29, 1.82) is 0 Å². The van der Waals surface area contributed by atoms with Crippen LogP contribution in [0, 0.1) is 12.8 Å².